The van der Waals surface area contributed by atoms with Crippen molar-refractivity contribution in [3.63, 3.8) is 0 Å². The van der Waals surface area contributed by atoms with E-state index in [0.29, 0.717) is 6.54 Å². The second-order valence-corrected chi connectivity index (χ2v) is 6.70. The van der Waals surface area contributed by atoms with Crippen LogP contribution < -0.4 is 10.6 Å². The minimum absolute atomic E-state index is 0.0966. The van der Waals surface area contributed by atoms with E-state index in [2.05, 4.69) is 36.3 Å². The minimum Gasteiger partial charge on any atom is -0.383 e. The Kier molecular flexibility index (Phi) is 8.22. The molecule has 1 aliphatic heterocycles. The Morgan fingerprint density at radius 3 is 2.57 bits per heavy atom. The summed E-state index contributed by atoms with van der Waals surface area (Å²) in [7, 11) is 1.73. The van der Waals surface area contributed by atoms with E-state index in [1.807, 2.05) is 0 Å². The zero-order valence-corrected chi connectivity index (χ0v) is 14.2. The number of carbonyl (C=O) groups excluding carboxylic acids is 1. The molecule has 1 saturated heterocycles. The normalized spacial score (nSPS) is 17.9. The van der Waals surface area contributed by atoms with Crippen LogP contribution in [0.25, 0.3) is 0 Å². The van der Waals surface area contributed by atoms with E-state index < -0.39 is 0 Å². The fourth-order valence-corrected chi connectivity index (χ4v) is 2.54. The predicted octanol–water partition coefficient (Wildman–Crippen LogP) is 1.24. The highest BCUT2D eigenvalue weighted by molar-refractivity contribution is 5.78. The van der Waals surface area contributed by atoms with E-state index in [4.69, 9.17) is 4.74 Å². The van der Waals surface area contributed by atoms with E-state index in [1.54, 1.807) is 7.11 Å². The average Bonchev–Trinajstić information content (AvgIpc) is 2.45. The maximum Gasteiger partial charge on any atom is 0.234 e. The van der Waals surface area contributed by atoms with E-state index in [1.165, 1.54) is 12.8 Å². The molecule has 124 valence electrons. The van der Waals surface area contributed by atoms with Gasteiger partial charge in [0.2, 0.25) is 5.91 Å². The first-order valence-corrected chi connectivity index (χ1v) is 8.20. The van der Waals surface area contributed by atoms with Crippen LogP contribution in [0.5, 0.6) is 0 Å². The number of hydrogen-bond acceptors (Lipinski definition) is 4. The molecule has 2 N–H and O–H groups in total. The van der Waals surface area contributed by atoms with Crippen LogP contribution in [0.4, 0.5) is 0 Å². The third kappa shape index (κ3) is 7.79. The Morgan fingerprint density at radius 1 is 1.33 bits per heavy atom. The first-order chi connectivity index (χ1) is 9.96. The number of likely N-dealkylation sites (tertiary alicyclic amines) is 1. The lowest BCUT2D eigenvalue weighted by molar-refractivity contribution is -0.124. The summed E-state index contributed by atoms with van der Waals surface area (Å²) < 4.78 is 5.03. The first kappa shape index (κ1) is 18.4. The monoisotopic (exact) mass is 299 g/mol. The van der Waals surface area contributed by atoms with Crippen molar-refractivity contribution >= 4 is 5.91 Å². The molecule has 0 aromatic carbocycles. The third-order valence-electron chi connectivity index (χ3n) is 4.35. The van der Waals surface area contributed by atoms with E-state index in [-0.39, 0.29) is 11.4 Å². The van der Waals surface area contributed by atoms with Crippen LogP contribution in [-0.2, 0) is 9.53 Å². The summed E-state index contributed by atoms with van der Waals surface area (Å²) in [6.07, 6.45) is 3.29. The molecule has 21 heavy (non-hydrogen) atoms. The van der Waals surface area contributed by atoms with Gasteiger partial charge in [-0.3, -0.25) is 9.69 Å². The fraction of sp³-hybridized carbons (Fsp3) is 0.938. The number of hydrogen-bond donors (Lipinski definition) is 2. The summed E-state index contributed by atoms with van der Waals surface area (Å²) in [6, 6.07) is 0. The smallest absolute Gasteiger partial charge is 0.234 e. The summed E-state index contributed by atoms with van der Waals surface area (Å²) in [5.41, 5.74) is -0.0966. The summed E-state index contributed by atoms with van der Waals surface area (Å²) in [5.74, 6) is 0.881. The average molecular weight is 299 g/mol. The third-order valence-corrected chi connectivity index (χ3v) is 4.35. The van der Waals surface area contributed by atoms with Crippen LogP contribution in [0.3, 0.4) is 0 Å². The molecule has 5 heteroatoms. The van der Waals surface area contributed by atoms with Crippen molar-refractivity contribution in [1.29, 1.82) is 0 Å². The Hall–Kier alpha value is -0.650. The van der Waals surface area contributed by atoms with Crippen molar-refractivity contribution in [1.82, 2.24) is 15.5 Å². The summed E-state index contributed by atoms with van der Waals surface area (Å²) >= 11 is 0. The Bertz CT molecular complexity index is 300. The highest BCUT2D eigenvalue weighted by Crippen LogP contribution is 2.16. The largest absolute Gasteiger partial charge is 0.383 e. The summed E-state index contributed by atoms with van der Waals surface area (Å²) in [6.45, 7) is 11.6. The molecule has 0 aromatic rings. The SMILES string of the molecule is CCC(C)(C)NC(=O)CN1CCC(CNCCOC)CC1. The lowest BCUT2D eigenvalue weighted by Crippen LogP contribution is -2.49. The van der Waals surface area contributed by atoms with E-state index in [9.17, 15) is 4.79 Å². The maximum absolute atomic E-state index is 12.0. The molecule has 0 aromatic heterocycles. The maximum atomic E-state index is 12.0. The lowest BCUT2D eigenvalue weighted by atomic mass is 9.96. The molecule has 0 saturated carbocycles. The minimum atomic E-state index is -0.0966. The van der Waals surface area contributed by atoms with Gasteiger partial charge in [0, 0.05) is 19.2 Å². The number of nitrogens with one attached hydrogen (secondary N) is 2. The van der Waals surface area contributed by atoms with Crippen LogP contribution >= 0.6 is 0 Å². The van der Waals surface area contributed by atoms with Crippen molar-refractivity contribution in [3.05, 3.63) is 0 Å². The first-order valence-electron chi connectivity index (χ1n) is 8.20. The van der Waals surface area contributed by atoms with Gasteiger partial charge < -0.3 is 15.4 Å². The summed E-state index contributed by atoms with van der Waals surface area (Å²) in [4.78, 5) is 14.3. The molecule has 1 rings (SSSR count). The molecule has 0 atom stereocenters. The Labute approximate surface area is 129 Å². The Morgan fingerprint density at radius 2 is 2.00 bits per heavy atom. The van der Waals surface area contributed by atoms with Crippen LogP contribution in [-0.4, -0.2) is 62.8 Å². The number of methoxy groups -OCH3 is 1. The van der Waals surface area contributed by atoms with Gasteiger partial charge in [0.1, 0.15) is 0 Å². The molecule has 0 radical (unpaired) electrons. The van der Waals surface area contributed by atoms with Crippen LogP contribution in [0.2, 0.25) is 0 Å². The van der Waals surface area contributed by atoms with Gasteiger partial charge in [-0.25, -0.2) is 0 Å². The molecular weight excluding hydrogens is 266 g/mol. The Balaban J connectivity index is 2.16. The van der Waals surface area contributed by atoms with Gasteiger partial charge in [-0.05, 0) is 58.7 Å². The molecule has 0 bridgehead atoms. The van der Waals surface area contributed by atoms with Crippen molar-refractivity contribution in [2.75, 3.05) is 46.4 Å². The highest BCUT2D eigenvalue weighted by Gasteiger charge is 2.23. The number of rotatable bonds is 9. The zero-order chi connectivity index (χ0) is 15.7. The van der Waals surface area contributed by atoms with Gasteiger partial charge in [-0.15, -0.1) is 0 Å². The molecule has 1 aliphatic rings. The van der Waals surface area contributed by atoms with Crippen LogP contribution in [0.15, 0.2) is 0 Å². The number of nitrogens with zero attached hydrogens (tertiary/aromatic N) is 1. The van der Waals surface area contributed by atoms with Crippen molar-refractivity contribution < 1.29 is 9.53 Å². The summed E-state index contributed by atoms with van der Waals surface area (Å²) in [5, 5.41) is 6.53. The van der Waals surface area contributed by atoms with Gasteiger partial charge in [0.15, 0.2) is 0 Å². The molecule has 1 fully saturated rings. The second kappa shape index (κ2) is 9.38. The number of carbonyl (C=O) groups is 1. The molecule has 5 nitrogen and oxygen atoms in total. The molecule has 0 spiro atoms. The number of ether oxygens (including phenoxy) is 1. The van der Waals surface area contributed by atoms with Gasteiger partial charge >= 0.3 is 0 Å². The van der Waals surface area contributed by atoms with Crippen molar-refractivity contribution in [2.24, 2.45) is 5.92 Å². The predicted molar refractivity (Wildman–Crippen MR) is 86.4 cm³/mol. The molecule has 0 aliphatic carbocycles. The topological polar surface area (TPSA) is 53.6 Å². The van der Waals surface area contributed by atoms with Crippen LogP contribution in [0, 0.1) is 5.92 Å². The number of amides is 1. The fourth-order valence-electron chi connectivity index (χ4n) is 2.54. The van der Waals surface area contributed by atoms with Gasteiger partial charge in [-0.1, -0.05) is 6.92 Å². The molecule has 1 heterocycles. The van der Waals surface area contributed by atoms with Gasteiger partial charge in [0.05, 0.1) is 13.2 Å². The van der Waals surface area contributed by atoms with Gasteiger partial charge in [0.25, 0.3) is 0 Å². The van der Waals surface area contributed by atoms with E-state index in [0.717, 1.165) is 45.1 Å². The highest BCUT2D eigenvalue weighted by atomic mass is 16.5. The van der Waals surface area contributed by atoms with Crippen molar-refractivity contribution in [2.45, 2.75) is 45.6 Å². The lowest BCUT2D eigenvalue weighted by Gasteiger charge is -2.33. The van der Waals surface area contributed by atoms with E-state index >= 15 is 0 Å². The van der Waals surface area contributed by atoms with Crippen molar-refractivity contribution in [3.8, 4) is 0 Å². The zero-order valence-electron chi connectivity index (χ0n) is 14.2. The molecule has 1 amide bonds. The standard InChI is InChI=1S/C16H33N3O2/c1-5-16(2,3)18-15(20)13-19-9-6-14(7-10-19)12-17-8-11-21-4/h14,17H,5-13H2,1-4H3,(H,18,20). The number of piperidine rings is 1. The second-order valence-electron chi connectivity index (χ2n) is 6.70. The molecular formula is C16H33N3O2. The quantitative estimate of drug-likeness (QED) is 0.629. The van der Waals surface area contributed by atoms with Gasteiger partial charge in [-0.2, -0.15) is 0 Å². The molecule has 0 unspecified atom stereocenters. The van der Waals surface area contributed by atoms with Crippen LogP contribution in [0.1, 0.15) is 40.0 Å².